The first kappa shape index (κ1) is 17.1. The van der Waals surface area contributed by atoms with Crippen molar-refractivity contribution in [1.29, 1.82) is 0 Å². The van der Waals surface area contributed by atoms with Gasteiger partial charge in [-0.1, -0.05) is 44.2 Å². The van der Waals surface area contributed by atoms with E-state index in [0.717, 1.165) is 5.56 Å². The molecule has 114 valence electrons. The molecule has 1 aromatic rings. The molecule has 0 aliphatic rings. The van der Waals surface area contributed by atoms with Gasteiger partial charge in [-0.15, -0.1) is 0 Å². The molecule has 0 amide bonds. The van der Waals surface area contributed by atoms with Gasteiger partial charge >= 0.3 is 0 Å². The molecule has 0 unspecified atom stereocenters. The van der Waals surface area contributed by atoms with E-state index in [9.17, 15) is 8.42 Å². The van der Waals surface area contributed by atoms with Crippen LogP contribution in [0.1, 0.15) is 25.8 Å². The van der Waals surface area contributed by atoms with Crippen LogP contribution in [0.5, 0.6) is 0 Å². The maximum Gasteiger partial charge on any atom is 0.214 e. The standard InChI is InChI=1S/C15H26N2O2S/c1-14(2)13-17(11-6-10-16)20(18,19)12-9-15-7-4-3-5-8-15/h3-5,7-8,14H,6,9-13,16H2,1-2H3. The monoisotopic (exact) mass is 298 g/mol. The summed E-state index contributed by atoms with van der Waals surface area (Å²) >= 11 is 0. The van der Waals surface area contributed by atoms with Crippen molar-refractivity contribution in [2.45, 2.75) is 26.7 Å². The number of rotatable bonds is 9. The van der Waals surface area contributed by atoms with Gasteiger partial charge in [0.25, 0.3) is 0 Å². The molecule has 0 aromatic heterocycles. The van der Waals surface area contributed by atoms with Gasteiger partial charge in [0.2, 0.25) is 10.0 Å². The van der Waals surface area contributed by atoms with Crippen LogP contribution in [0.2, 0.25) is 0 Å². The first-order valence-corrected chi connectivity index (χ1v) is 8.78. The largest absolute Gasteiger partial charge is 0.330 e. The Morgan fingerprint density at radius 2 is 1.85 bits per heavy atom. The van der Waals surface area contributed by atoms with Crippen molar-refractivity contribution in [3.05, 3.63) is 35.9 Å². The van der Waals surface area contributed by atoms with E-state index >= 15 is 0 Å². The molecule has 0 aliphatic carbocycles. The molecule has 20 heavy (non-hydrogen) atoms. The van der Waals surface area contributed by atoms with E-state index in [1.807, 2.05) is 44.2 Å². The summed E-state index contributed by atoms with van der Waals surface area (Å²) in [6.45, 7) is 5.66. The first-order chi connectivity index (χ1) is 9.45. The Labute approximate surface area is 123 Å². The lowest BCUT2D eigenvalue weighted by atomic mass is 10.2. The molecule has 1 rings (SSSR count). The molecule has 0 saturated heterocycles. The van der Waals surface area contributed by atoms with E-state index in [1.54, 1.807) is 4.31 Å². The zero-order valence-electron chi connectivity index (χ0n) is 12.5. The van der Waals surface area contributed by atoms with Crippen LogP contribution in [-0.2, 0) is 16.4 Å². The summed E-state index contributed by atoms with van der Waals surface area (Å²) in [4.78, 5) is 0. The number of hydrogen-bond acceptors (Lipinski definition) is 3. The molecule has 2 N–H and O–H groups in total. The predicted octanol–water partition coefficient (Wildman–Crippen LogP) is 1.87. The van der Waals surface area contributed by atoms with Gasteiger partial charge < -0.3 is 5.73 Å². The van der Waals surface area contributed by atoms with E-state index in [0.29, 0.717) is 38.4 Å². The zero-order valence-corrected chi connectivity index (χ0v) is 13.3. The van der Waals surface area contributed by atoms with Crippen molar-refractivity contribution in [3.8, 4) is 0 Å². The second-order valence-electron chi connectivity index (χ2n) is 5.45. The Bertz CT molecular complexity index is 472. The summed E-state index contributed by atoms with van der Waals surface area (Å²) in [7, 11) is -3.21. The number of benzene rings is 1. The third-order valence-electron chi connectivity index (χ3n) is 3.07. The zero-order chi connectivity index (χ0) is 15.0. The van der Waals surface area contributed by atoms with E-state index in [1.165, 1.54) is 0 Å². The lowest BCUT2D eigenvalue weighted by Crippen LogP contribution is -2.37. The molecular weight excluding hydrogens is 272 g/mol. The first-order valence-electron chi connectivity index (χ1n) is 7.17. The Hall–Kier alpha value is -0.910. The van der Waals surface area contributed by atoms with Crippen molar-refractivity contribution in [2.24, 2.45) is 11.7 Å². The van der Waals surface area contributed by atoms with E-state index in [2.05, 4.69) is 0 Å². The molecule has 4 nitrogen and oxygen atoms in total. The van der Waals surface area contributed by atoms with Crippen LogP contribution in [0.25, 0.3) is 0 Å². The van der Waals surface area contributed by atoms with Gasteiger partial charge in [-0.2, -0.15) is 0 Å². The molecule has 0 fully saturated rings. The van der Waals surface area contributed by atoms with Crippen molar-refractivity contribution in [1.82, 2.24) is 4.31 Å². The van der Waals surface area contributed by atoms with Crippen molar-refractivity contribution >= 4 is 10.0 Å². The quantitative estimate of drug-likeness (QED) is 0.757. The molecular formula is C15H26N2O2S. The summed E-state index contributed by atoms with van der Waals surface area (Å²) in [5.41, 5.74) is 6.55. The number of nitrogens with two attached hydrogens (primary N) is 1. The van der Waals surface area contributed by atoms with Gasteiger partial charge in [0.15, 0.2) is 0 Å². The van der Waals surface area contributed by atoms with Gasteiger partial charge in [0, 0.05) is 13.1 Å². The molecule has 0 saturated carbocycles. The molecule has 5 heteroatoms. The molecule has 0 heterocycles. The van der Waals surface area contributed by atoms with Gasteiger partial charge in [-0.3, -0.25) is 0 Å². The second-order valence-corrected chi connectivity index (χ2v) is 7.53. The SMILES string of the molecule is CC(C)CN(CCCN)S(=O)(=O)CCc1ccccc1. The summed E-state index contributed by atoms with van der Waals surface area (Å²) in [6, 6.07) is 9.72. The van der Waals surface area contributed by atoms with Crippen LogP contribution in [-0.4, -0.2) is 38.1 Å². The lowest BCUT2D eigenvalue weighted by Gasteiger charge is -2.23. The third-order valence-corrected chi connectivity index (χ3v) is 4.90. The van der Waals surface area contributed by atoms with E-state index in [4.69, 9.17) is 5.73 Å². The fourth-order valence-corrected chi connectivity index (χ4v) is 3.72. The summed E-state index contributed by atoms with van der Waals surface area (Å²) in [5, 5.41) is 0. The van der Waals surface area contributed by atoms with Crippen molar-refractivity contribution < 1.29 is 8.42 Å². The number of nitrogens with zero attached hydrogens (tertiary/aromatic N) is 1. The Balaban J connectivity index is 2.66. The minimum absolute atomic E-state index is 0.161. The summed E-state index contributed by atoms with van der Waals surface area (Å²) in [6.07, 6.45) is 1.26. The average molecular weight is 298 g/mol. The molecule has 0 radical (unpaired) electrons. The Morgan fingerprint density at radius 1 is 1.20 bits per heavy atom. The normalized spacial score (nSPS) is 12.2. The Kier molecular flexibility index (Phi) is 7.19. The number of hydrogen-bond donors (Lipinski definition) is 1. The highest BCUT2D eigenvalue weighted by atomic mass is 32.2. The van der Waals surface area contributed by atoms with Crippen LogP contribution in [0.4, 0.5) is 0 Å². The Morgan fingerprint density at radius 3 is 2.40 bits per heavy atom. The van der Waals surface area contributed by atoms with Crippen LogP contribution >= 0.6 is 0 Å². The highest BCUT2D eigenvalue weighted by molar-refractivity contribution is 7.89. The molecule has 0 bridgehead atoms. The van der Waals surface area contributed by atoms with Crippen LogP contribution in [0.15, 0.2) is 30.3 Å². The lowest BCUT2D eigenvalue weighted by molar-refractivity contribution is 0.364. The minimum atomic E-state index is -3.21. The molecule has 0 aliphatic heterocycles. The fourth-order valence-electron chi connectivity index (χ4n) is 2.04. The molecule has 1 aromatic carbocycles. The van der Waals surface area contributed by atoms with Crippen molar-refractivity contribution in [2.75, 3.05) is 25.4 Å². The summed E-state index contributed by atoms with van der Waals surface area (Å²) < 4.78 is 26.5. The highest BCUT2D eigenvalue weighted by Gasteiger charge is 2.22. The topological polar surface area (TPSA) is 63.4 Å². The van der Waals surface area contributed by atoms with Gasteiger partial charge in [0.05, 0.1) is 5.75 Å². The smallest absolute Gasteiger partial charge is 0.214 e. The van der Waals surface area contributed by atoms with E-state index < -0.39 is 10.0 Å². The van der Waals surface area contributed by atoms with Crippen molar-refractivity contribution in [3.63, 3.8) is 0 Å². The molecule has 0 spiro atoms. The van der Waals surface area contributed by atoms with Gasteiger partial charge in [-0.25, -0.2) is 12.7 Å². The second kappa shape index (κ2) is 8.39. The highest BCUT2D eigenvalue weighted by Crippen LogP contribution is 2.10. The maximum atomic E-state index is 12.4. The number of aryl methyl sites for hydroxylation is 1. The average Bonchev–Trinajstić information content (AvgIpc) is 2.42. The fraction of sp³-hybridized carbons (Fsp3) is 0.600. The van der Waals surface area contributed by atoms with Gasteiger partial charge in [-0.05, 0) is 30.9 Å². The minimum Gasteiger partial charge on any atom is -0.330 e. The van der Waals surface area contributed by atoms with Gasteiger partial charge in [0.1, 0.15) is 0 Å². The third kappa shape index (κ3) is 6.03. The van der Waals surface area contributed by atoms with Crippen LogP contribution in [0, 0.1) is 5.92 Å². The maximum absolute atomic E-state index is 12.4. The van der Waals surface area contributed by atoms with Crippen LogP contribution in [0.3, 0.4) is 0 Å². The molecule has 0 atom stereocenters. The number of sulfonamides is 1. The van der Waals surface area contributed by atoms with E-state index in [-0.39, 0.29) is 5.75 Å². The van der Waals surface area contributed by atoms with Crippen LogP contribution < -0.4 is 5.73 Å². The predicted molar refractivity (Wildman–Crippen MR) is 84.0 cm³/mol. The summed E-state index contributed by atoms with van der Waals surface area (Å²) in [5.74, 6) is 0.480.